The Balaban J connectivity index is 0.000000167. The van der Waals surface area contributed by atoms with Gasteiger partial charge in [0.05, 0.1) is 12.8 Å². The summed E-state index contributed by atoms with van der Waals surface area (Å²) in [6, 6.07) is 31.8. The highest BCUT2D eigenvalue weighted by atomic mass is 16.4. The number of rotatable bonds is 5. The summed E-state index contributed by atoms with van der Waals surface area (Å²) < 4.78 is 14.7. The second kappa shape index (κ2) is 15.9. The van der Waals surface area contributed by atoms with Crippen molar-refractivity contribution in [2.45, 2.75) is 18.4 Å². The molecule has 0 aliphatic heterocycles. The van der Waals surface area contributed by atoms with Crippen LogP contribution in [0.4, 0.5) is 0 Å². The van der Waals surface area contributed by atoms with Crippen LogP contribution >= 0.6 is 0 Å². The molecule has 0 amide bonds. The molecule has 3 aromatic heterocycles. The number of fused-ring (bicyclic) bond motifs is 3. The minimum absolute atomic E-state index is 0.302. The van der Waals surface area contributed by atoms with Crippen molar-refractivity contribution in [1.29, 1.82) is 0 Å². The Hall–Kier alpha value is -6.34. The lowest BCUT2D eigenvalue weighted by Crippen LogP contribution is -2.42. The van der Waals surface area contributed by atoms with E-state index in [0.717, 1.165) is 16.2 Å². The zero-order valence-corrected chi connectivity index (χ0v) is 23.8. The molecular weight excluding hydrogens is 604 g/mol. The van der Waals surface area contributed by atoms with Gasteiger partial charge in [0, 0.05) is 34.4 Å². The number of benzene rings is 3. The summed E-state index contributed by atoms with van der Waals surface area (Å²) in [7, 11) is 0. The maximum absolute atomic E-state index is 10.7. The molecule has 0 saturated heterocycles. The van der Waals surface area contributed by atoms with E-state index in [1.807, 2.05) is 54.6 Å². The Morgan fingerprint density at radius 3 is 1.02 bits per heavy atom. The van der Waals surface area contributed by atoms with E-state index in [1.54, 1.807) is 36.4 Å². The fourth-order valence-corrected chi connectivity index (χ4v) is 3.75. The number of aliphatic carboxylic acids is 3. The molecule has 46 heavy (non-hydrogen) atoms. The first kappa shape index (κ1) is 34.2. The van der Waals surface area contributed by atoms with E-state index in [1.165, 1.54) is 18.2 Å². The highest BCUT2D eigenvalue weighted by Gasteiger charge is 2.40. The number of para-hydroxylation sites is 3. The van der Waals surface area contributed by atoms with Crippen molar-refractivity contribution >= 4 is 50.8 Å². The van der Waals surface area contributed by atoms with Crippen LogP contribution in [0.1, 0.15) is 12.8 Å². The smallest absolute Gasteiger partial charge is 0.336 e. The fourth-order valence-electron chi connectivity index (χ4n) is 3.75. The second-order valence-corrected chi connectivity index (χ2v) is 9.35. The van der Waals surface area contributed by atoms with Gasteiger partial charge in [-0.05, 0) is 36.4 Å². The molecular formula is C33H26O13. The van der Waals surface area contributed by atoms with Gasteiger partial charge in [0.1, 0.15) is 16.7 Å². The number of carboxylic acids is 3. The maximum Gasteiger partial charge on any atom is 0.336 e. The molecule has 0 radical (unpaired) electrons. The molecule has 6 rings (SSSR count). The topological polar surface area (TPSA) is 223 Å². The highest BCUT2D eigenvalue weighted by Crippen LogP contribution is 2.16. The number of carbonyl (C=O) groups is 3. The summed E-state index contributed by atoms with van der Waals surface area (Å²) in [4.78, 5) is 62.6. The SMILES string of the molecule is O=C(O)CC(O)(CC(=O)O)C(=O)O.O=c1ccc2ccccc2o1.O=c1ccc2ccccc2o1.O=c1ccc2ccccc2o1. The first-order chi connectivity index (χ1) is 21.9. The third kappa shape index (κ3) is 10.4. The molecule has 13 heteroatoms. The van der Waals surface area contributed by atoms with Gasteiger partial charge in [-0.3, -0.25) is 9.59 Å². The molecule has 0 atom stereocenters. The van der Waals surface area contributed by atoms with Gasteiger partial charge in [-0.2, -0.15) is 0 Å². The highest BCUT2D eigenvalue weighted by molar-refractivity contribution is 5.88. The zero-order chi connectivity index (χ0) is 33.7. The quantitative estimate of drug-likeness (QED) is 0.197. The molecule has 4 N–H and O–H groups in total. The largest absolute Gasteiger partial charge is 0.481 e. The predicted octanol–water partition coefficient (Wildman–Crippen LogP) is 4.13. The van der Waals surface area contributed by atoms with E-state index in [0.29, 0.717) is 16.7 Å². The second-order valence-electron chi connectivity index (χ2n) is 9.35. The third-order valence-electron chi connectivity index (χ3n) is 5.87. The minimum Gasteiger partial charge on any atom is -0.481 e. The molecule has 0 spiro atoms. The van der Waals surface area contributed by atoms with Gasteiger partial charge >= 0.3 is 34.8 Å². The number of hydrogen-bond acceptors (Lipinski definition) is 10. The van der Waals surface area contributed by atoms with E-state index in [4.69, 9.17) is 33.7 Å². The van der Waals surface area contributed by atoms with Crippen LogP contribution in [0, 0.1) is 0 Å². The van der Waals surface area contributed by atoms with E-state index >= 15 is 0 Å². The standard InChI is InChI=1S/3C9H6O2.C6H8O7/c3*10-9-6-5-7-3-1-2-4-8(7)11-9;7-3(8)1-6(13,5(11)12)2-4(9)10/h3*1-6H;13H,1-2H2,(H,7,8)(H,9,10)(H,11,12). The van der Waals surface area contributed by atoms with Gasteiger partial charge in [-0.25, -0.2) is 19.2 Å². The van der Waals surface area contributed by atoms with Crippen LogP contribution in [0.2, 0.25) is 0 Å². The van der Waals surface area contributed by atoms with Gasteiger partial charge < -0.3 is 33.7 Å². The van der Waals surface area contributed by atoms with E-state index < -0.39 is 36.4 Å². The van der Waals surface area contributed by atoms with Crippen molar-refractivity contribution in [3.8, 4) is 0 Å². The van der Waals surface area contributed by atoms with Crippen LogP contribution in [0.5, 0.6) is 0 Å². The molecule has 13 nitrogen and oxygen atoms in total. The van der Waals surface area contributed by atoms with Crippen LogP contribution in [0.3, 0.4) is 0 Å². The summed E-state index contributed by atoms with van der Waals surface area (Å²) in [5.74, 6) is -5.02. The van der Waals surface area contributed by atoms with Gasteiger partial charge in [0.25, 0.3) is 0 Å². The van der Waals surface area contributed by atoms with Gasteiger partial charge in [-0.1, -0.05) is 54.6 Å². The van der Waals surface area contributed by atoms with Crippen molar-refractivity contribution in [3.05, 3.63) is 140 Å². The molecule has 3 heterocycles. The Morgan fingerprint density at radius 1 is 0.478 bits per heavy atom. The van der Waals surface area contributed by atoms with Gasteiger partial charge in [0.2, 0.25) is 0 Å². The maximum atomic E-state index is 10.7. The molecule has 0 saturated carbocycles. The molecule has 0 unspecified atom stereocenters. The Kier molecular flexibility index (Phi) is 11.8. The fraction of sp³-hybridized carbons (Fsp3) is 0.0909. The van der Waals surface area contributed by atoms with Crippen molar-refractivity contribution < 1.29 is 48.1 Å². The summed E-state index contributed by atoms with van der Waals surface area (Å²) in [6.45, 7) is 0. The van der Waals surface area contributed by atoms with E-state index in [9.17, 15) is 28.8 Å². The van der Waals surface area contributed by atoms with Crippen molar-refractivity contribution in [1.82, 2.24) is 0 Å². The number of aliphatic hydroxyl groups is 1. The average Bonchev–Trinajstić information content (AvgIpc) is 3.01. The number of hydrogen-bond donors (Lipinski definition) is 4. The molecule has 0 aliphatic rings. The Morgan fingerprint density at radius 2 is 0.761 bits per heavy atom. The lowest BCUT2D eigenvalue weighted by atomic mass is 9.96. The monoisotopic (exact) mass is 630 g/mol. The zero-order valence-electron chi connectivity index (χ0n) is 23.8. The molecule has 3 aromatic carbocycles. The summed E-state index contributed by atoms with van der Waals surface area (Å²) >= 11 is 0. The van der Waals surface area contributed by atoms with Crippen LogP contribution in [-0.4, -0.2) is 43.9 Å². The van der Waals surface area contributed by atoms with Crippen LogP contribution in [0.25, 0.3) is 32.9 Å². The first-order valence-corrected chi connectivity index (χ1v) is 13.2. The Bertz CT molecular complexity index is 1920. The summed E-state index contributed by atoms with van der Waals surface area (Å²) in [5.41, 5.74) is -1.73. The first-order valence-electron chi connectivity index (χ1n) is 13.2. The van der Waals surface area contributed by atoms with Gasteiger partial charge in [0.15, 0.2) is 5.60 Å². The predicted molar refractivity (Wildman–Crippen MR) is 165 cm³/mol. The van der Waals surface area contributed by atoms with Crippen molar-refractivity contribution in [3.63, 3.8) is 0 Å². The molecule has 0 bridgehead atoms. The summed E-state index contributed by atoms with van der Waals surface area (Å²) in [6.07, 6.45) is -2.29. The van der Waals surface area contributed by atoms with Gasteiger partial charge in [-0.15, -0.1) is 0 Å². The lowest BCUT2D eigenvalue weighted by molar-refractivity contribution is -0.170. The molecule has 0 aliphatic carbocycles. The van der Waals surface area contributed by atoms with Crippen LogP contribution in [-0.2, 0) is 14.4 Å². The van der Waals surface area contributed by atoms with E-state index in [-0.39, 0.29) is 16.9 Å². The number of carboxylic acid groups (broad SMARTS) is 3. The minimum atomic E-state index is -2.74. The Labute approximate surface area is 257 Å². The average molecular weight is 631 g/mol. The van der Waals surface area contributed by atoms with E-state index in [2.05, 4.69) is 0 Å². The molecule has 236 valence electrons. The molecule has 0 fully saturated rings. The normalized spacial score (nSPS) is 10.4. The third-order valence-corrected chi connectivity index (χ3v) is 5.87. The van der Waals surface area contributed by atoms with Crippen LogP contribution in [0.15, 0.2) is 137 Å². The lowest BCUT2D eigenvalue weighted by Gasteiger charge is -2.18. The van der Waals surface area contributed by atoms with Crippen molar-refractivity contribution in [2.75, 3.05) is 0 Å². The molecule has 6 aromatic rings. The summed E-state index contributed by atoms with van der Waals surface area (Å²) in [5, 5.41) is 36.7. The van der Waals surface area contributed by atoms with Crippen LogP contribution < -0.4 is 16.9 Å². The van der Waals surface area contributed by atoms with Crippen molar-refractivity contribution in [2.24, 2.45) is 0 Å².